The molecule has 0 fully saturated rings. The summed E-state index contributed by atoms with van der Waals surface area (Å²) in [5.41, 5.74) is 3.17. The average Bonchev–Trinajstić information content (AvgIpc) is 2.55. The molecule has 0 aliphatic heterocycles. The molecule has 2 aromatic rings. The summed E-state index contributed by atoms with van der Waals surface area (Å²) >= 11 is 5.02. The quantitative estimate of drug-likeness (QED) is 0.462. The van der Waals surface area contributed by atoms with Crippen molar-refractivity contribution in [1.82, 2.24) is 0 Å². The second kappa shape index (κ2) is 7.60. The minimum atomic E-state index is 0.653. The zero-order valence-electron chi connectivity index (χ0n) is 12.3. The summed E-state index contributed by atoms with van der Waals surface area (Å²) in [6.07, 6.45) is 1.03. The molecular weight excluding hydrogens is 278 g/mol. The number of nitrogens with one attached hydrogen (secondary N) is 1. The van der Waals surface area contributed by atoms with E-state index in [1.54, 1.807) is 5.37 Å². The van der Waals surface area contributed by atoms with Crippen molar-refractivity contribution in [2.24, 2.45) is 0 Å². The third-order valence-corrected chi connectivity index (χ3v) is 3.47. The molecule has 0 aliphatic rings. The predicted octanol–water partition coefficient (Wildman–Crippen LogP) is 4.97. The van der Waals surface area contributed by atoms with Gasteiger partial charge in [0.1, 0.15) is 5.75 Å². The molecule has 108 valence electrons. The molecule has 0 heterocycles. The molecule has 0 bridgehead atoms. The number of rotatable bonds is 6. The molecule has 0 radical (unpaired) electrons. The third kappa shape index (κ3) is 4.43. The first-order valence-electron chi connectivity index (χ1n) is 6.98. The van der Waals surface area contributed by atoms with Gasteiger partial charge >= 0.3 is 0 Å². The molecule has 0 aromatic heterocycles. The molecule has 0 aliphatic carbocycles. The maximum Gasteiger partial charge on any atom is 0.201 e. The fourth-order valence-electron chi connectivity index (χ4n) is 1.82. The summed E-state index contributed by atoms with van der Waals surface area (Å²) in [5, 5.41) is 4.91. The Morgan fingerprint density at radius 1 is 1.10 bits per heavy atom. The van der Waals surface area contributed by atoms with Crippen LogP contribution in [0.5, 0.6) is 5.75 Å². The maximum atomic E-state index is 5.90. The van der Waals surface area contributed by atoms with Gasteiger partial charge in [0.25, 0.3) is 0 Å². The Bertz CT molecular complexity index is 617. The highest BCUT2D eigenvalue weighted by molar-refractivity contribution is 7.79. The molecule has 0 saturated carbocycles. The first-order valence-corrected chi connectivity index (χ1v) is 7.45. The van der Waals surface area contributed by atoms with E-state index in [1.807, 2.05) is 49.4 Å². The lowest BCUT2D eigenvalue weighted by atomic mass is 10.1. The van der Waals surface area contributed by atoms with Gasteiger partial charge in [-0.2, -0.15) is 0 Å². The first-order chi connectivity index (χ1) is 10.2. The molecule has 0 spiro atoms. The zero-order valence-corrected chi connectivity index (χ0v) is 13.1. The highest BCUT2D eigenvalue weighted by Crippen LogP contribution is 2.18. The lowest BCUT2D eigenvalue weighted by molar-refractivity contribution is 0.429. The van der Waals surface area contributed by atoms with E-state index in [2.05, 4.69) is 24.4 Å². The van der Waals surface area contributed by atoms with Crippen LogP contribution in [0.15, 0.2) is 66.1 Å². The summed E-state index contributed by atoms with van der Waals surface area (Å²) in [6.45, 7) is 4.07. The van der Waals surface area contributed by atoms with E-state index in [9.17, 15) is 0 Å². The van der Waals surface area contributed by atoms with Crippen LogP contribution in [0.2, 0.25) is 0 Å². The second-order valence-electron chi connectivity index (χ2n) is 4.72. The number of benzene rings is 2. The monoisotopic (exact) mass is 297 g/mol. The van der Waals surface area contributed by atoms with E-state index in [0.717, 1.165) is 23.4 Å². The number of hydrogen-bond donors (Lipinski definition) is 1. The largest absolute Gasteiger partial charge is 0.441 e. The summed E-state index contributed by atoms with van der Waals surface area (Å²) in [7, 11) is 0. The first kappa shape index (κ1) is 15.3. The Kier molecular flexibility index (Phi) is 5.52. The molecule has 3 heteroatoms. The minimum Gasteiger partial charge on any atom is -0.441 e. The van der Waals surface area contributed by atoms with Gasteiger partial charge in [0.15, 0.2) is 0 Å². The molecular formula is C18H19NOS. The van der Waals surface area contributed by atoms with Gasteiger partial charge in [-0.25, -0.2) is 0 Å². The number of allylic oxidation sites excluding steroid dienone is 1. The van der Waals surface area contributed by atoms with Gasteiger partial charge in [-0.05, 0) is 43.2 Å². The van der Waals surface area contributed by atoms with Crippen molar-refractivity contribution < 1.29 is 4.74 Å². The minimum absolute atomic E-state index is 0.653. The standard InChI is InChI=1S/C18H19NOS/c1-3-15-9-11-16(12-10-15)19-18(14(2)13-21)20-17-7-5-4-6-8-17/h4-13,19H,3H2,1-2H3. The van der Waals surface area contributed by atoms with E-state index in [4.69, 9.17) is 17.0 Å². The molecule has 1 N–H and O–H groups in total. The van der Waals surface area contributed by atoms with Crippen LogP contribution in [-0.2, 0) is 6.42 Å². The Morgan fingerprint density at radius 3 is 2.33 bits per heavy atom. The van der Waals surface area contributed by atoms with Crippen LogP contribution >= 0.6 is 12.2 Å². The Morgan fingerprint density at radius 2 is 1.76 bits per heavy atom. The molecule has 21 heavy (non-hydrogen) atoms. The van der Waals surface area contributed by atoms with Crippen LogP contribution in [0.4, 0.5) is 5.69 Å². The summed E-state index contributed by atoms with van der Waals surface area (Å²) in [4.78, 5) is 0. The van der Waals surface area contributed by atoms with E-state index in [-0.39, 0.29) is 0 Å². The average molecular weight is 297 g/mol. The zero-order chi connectivity index (χ0) is 15.1. The lowest BCUT2D eigenvalue weighted by Gasteiger charge is -2.14. The fourth-order valence-corrected chi connectivity index (χ4v) is 1.93. The molecule has 0 saturated heterocycles. The Balaban J connectivity index is 2.19. The van der Waals surface area contributed by atoms with E-state index in [0.29, 0.717) is 5.88 Å². The van der Waals surface area contributed by atoms with Crippen molar-refractivity contribution in [1.29, 1.82) is 0 Å². The summed E-state index contributed by atoms with van der Waals surface area (Å²) < 4.78 is 5.90. The third-order valence-electron chi connectivity index (χ3n) is 3.12. The molecule has 0 amide bonds. The van der Waals surface area contributed by atoms with Crippen molar-refractivity contribution in [3.63, 3.8) is 0 Å². The van der Waals surface area contributed by atoms with Gasteiger partial charge in [0.05, 0.1) is 0 Å². The topological polar surface area (TPSA) is 21.3 Å². The van der Waals surface area contributed by atoms with Crippen LogP contribution in [0.3, 0.4) is 0 Å². The van der Waals surface area contributed by atoms with Gasteiger partial charge in [-0.1, -0.05) is 49.5 Å². The van der Waals surface area contributed by atoms with Crippen molar-refractivity contribution in [3.05, 3.63) is 71.6 Å². The van der Waals surface area contributed by atoms with E-state index < -0.39 is 0 Å². The number of hydrogen-bond acceptors (Lipinski definition) is 3. The normalized spacial score (nSPS) is 11.5. The van der Waals surface area contributed by atoms with E-state index >= 15 is 0 Å². The van der Waals surface area contributed by atoms with Gasteiger partial charge in [0, 0.05) is 16.6 Å². The number of para-hydroxylation sites is 1. The van der Waals surface area contributed by atoms with Crippen LogP contribution in [0.1, 0.15) is 19.4 Å². The number of ether oxygens (including phenoxy) is 1. The van der Waals surface area contributed by atoms with Crippen molar-refractivity contribution in [2.75, 3.05) is 5.32 Å². The maximum absolute atomic E-state index is 5.90. The molecule has 2 nitrogen and oxygen atoms in total. The van der Waals surface area contributed by atoms with Gasteiger partial charge in [-0.3, -0.25) is 0 Å². The number of aryl methyl sites for hydroxylation is 1. The predicted molar refractivity (Wildman–Crippen MR) is 92.9 cm³/mol. The van der Waals surface area contributed by atoms with E-state index in [1.165, 1.54) is 5.56 Å². The fraction of sp³-hybridized carbons (Fsp3) is 0.167. The Labute approximate surface area is 131 Å². The van der Waals surface area contributed by atoms with Gasteiger partial charge in [-0.15, -0.1) is 0 Å². The van der Waals surface area contributed by atoms with Gasteiger partial charge < -0.3 is 10.1 Å². The molecule has 0 atom stereocenters. The molecule has 2 aromatic carbocycles. The second-order valence-corrected chi connectivity index (χ2v) is 4.96. The van der Waals surface area contributed by atoms with Gasteiger partial charge in [0.2, 0.25) is 5.88 Å². The Hall–Kier alpha value is -2.13. The van der Waals surface area contributed by atoms with Crippen LogP contribution in [-0.4, -0.2) is 5.37 Å². The molecule has 2 rings (SSSR count). The SMILES string of the molecule is CCc1ccc(NC(Oc2ccccc2)=C(C)C=S)cc1. The summed E-state index contributed by atoms with van der Waals surface area (Å²) in [5.74, 6) is 1.43. The van der Waals surface area contributed by atoms with Crippen LogP contribution < -0.4 is 10.1 Å². The van der Waals surface area contributed by atoms with Crippen molar-refractivity contribution >= 4 is 23.3 Å². The number of anilines is 1. The number of thiocarbonyl (C=S) groups is 1. The van der Waals surface area contributed by atoms with Crippen molar-refractivity contribution in [3.8, 4) is 5.75 Å². The smallest absolute Gasteiger partial charge is 0.201 e. The highest BCUT2D eigenvalue weighted by Gasteiger charge is 2.05. The summed E-state index contributed by atoms with van der Waals surface area (Å²) in [6, 6.07) is 18.0. The molecule has 0 unspecified atom stereocenters. The van der Waals surface area contributed by atoms with Crippen molar-refractivity contribution in [2.45, 2.75) is 20.3 Å². The van der Waals surface area contributed by atoms with Crippen LogP contribution in [0.25, 0.3) is 0 Å². The van der Waals surface area contributed by atoms with Crippen LogP contribution in [0, 0.1) is 0 Å². The lowest BCUT2D eigenvalue weighted by Crippen LogP contribution is -2.10. The highest BCUT2D eigenvalue weighted by atomic mass is 32.1.